The third-order valence-corrected chi connectivity index (χ3v) is 2.59. The van der Waals surface area contributed by atoms with Crippen LogP contribution < -0.4 is 5.32 Å². The summed E-state index contributed by atoms with van der Waals surface area (Å²) < 4.78 is 0.990. The maximum atomic E-state index is 11.3. The number of carbonyl (C=O) groups is 1. The predicted octanol–water partition coefficient (Wildman–Crippen LogP) is 2.99. The lowest BCUT2D eigenvalue weighted by Crippen LogP contribution is -2.21. The van der Waals surface area contributed by atoms with E-state index in [4.69, 9.17) is 0 Å². The van der Waals surface area contributed by atoms with Crippen molar-refractivity contribution in [3.8, 4) is 0 Å². The molecule has 0 atom stereocenters. The first-order valence-electron chi connectivity index (χ1n) is 4.94. The Morgan fingerprint density at radius 3 is 2.87 bits per heavy atom. The molecule has 0 unspecified atom stereocenters. The van der Waals surface area contributed by atoms with Crippen molar-refractivity contribution < 1.29 is 4.79 Å². The van der Waals surface area contributed by atoms with E-state index in [9.17, 15) is 4.79 Å². The van der Waals surface area contributed by atoms with E-state index in [0.29, 0.717) is 0 Å². The van der Waals surface area contributed by atoms with Crippen molar-refractivity contribution in [2.45, 2.75) is 13.3 Å². The second-order valence-corrected chi connectivity index (χ2v) is 4.00. The fourth-order valence-electron chi connectivity index (χ4n) is 1.08. The standard InChI is InChI=1S/C12H14BrNO/c1-2-9-14-12(15)8-7-10-5-3-4-6-11(10)13/h3-8H,2,9H2,1H3,(H,14,15). The largest absolute Gasteiger partial charge is 0.353 e. The highest BCUT2D eigenvalue weighted by Crippen LogP contribution is 2.16. The Bertz CT molecular complexity index is 360. The number of hydrogen-bond acceptors (Lipinski definition) is 1. The summed E-state index contributed by atoms with van der Waals surface area (Å²) in [4.78, 5) is 11.3. The third-order valence-electron chi connectivity index (χ3n) is 1.87. The van der Waals surface area contributed by atoms with Crippen LogP contribution in [0, 0.1) is 0 Å². The quantitative estimate of drug-likeness (QED) is 0.836. The molecule has 3 heteroatoms. The van der Waals surface area contributed by atoms with Gasteiger partial charge < -0.3 is 5.32 Å². The number of benzene rings is 1. The van der Waals surface area contributed by atoms with Gasteiger partial charge in [0.1, 0.15) is 0 Å². The van der Waals surface area contributed by atoms with E-state index < -0.39 is 0 Å². The monoisotopic (exact) mass is 267 g/mol. The molecule has 0 aliphatic heterocycles. The molecule has 1 rings (SSSR count). The van der Waals surface area contributed by atoms with E-state index in [1.165, 1.54) is 0 Å². The van der Waals surface area contributed by atoms with Crippen LogP contribution in [0.4, 0.5) is 0 Å². The van der Waals surface area contributed by atoms with Gasteiger partial charge in [0, 0.05) is 17.1 Å². The van der Waals surface area contributed by atoms with Gasteiger partial charge in [-0.15, -0.1) is 0 Å². The molecule has 0 heterocycles. The van der Waals surface area contributed by atoms with Crippen molar-refractivity contribution in [2.24, 2.45) is 0 Å². The van der Waals surface area contributed by atoms with Crippen molar-refractivity contribution in [3.05, 3.63) is 40.4 Å². The lowest BCUT2D eigenvalue weighted by molar-refractivity contribution is -0.116. The lowest BCUT2D eigenvalue weighted by atomic mass is 10.2. The fraction of sp³-hybridized carbons (Fsp3) is 0.250. The highest BCUT2D eigenvalue weighted by Gasteiger charge is 1.95. The molecule has 1 amide bonds. The summed E-state index contributed by atoms with van der Waals surface area (Å²) in [6, 6.07) is 7.78. The molecular formula is C12H14BrNO. The number of rotatable bonds is 4. The van der Waals surface area contributed by atoms with Crippen molar-refractivity contribution in [1.29, 1.82) is 0 Å². The molecule has 0 bridgehead atoms. The summed E-state index contributed by atoms with van der Waals surface area (Å²) in [7, 11) is 0. The summed E-state index contributed by atoms with van der Waals surface area (Å²) >= 11 is 3.42. The fourth-order valence-corrected chi connectivity index (χ4v) is 1.50. The highest BCUT2D eigenvalue weighted by molar-refractivity contribution is 9.10. The average molecular weight is 268 g/mol. The molecule has 0 saturated heterocycles. The van der Waals surface area contributed by atoms with Crippen molar-refractivity contribution in [1.82, 2.24) is 5.32 Å². The molecule has 0 radical (unpaired) electrons. The Kier molecular flexibility index (Phi) is 5.12. The van der Waals surface area contributed by atoms with E-state index in [0.717, 1.165) is 23.0 Å². The van der Waals surface area contributed by atoms with Gasteiger partial charge >= 0.3 is 0 Å². The zero-order chi connectivity index (χ0) is 11.1. The van der Waals surface area contributed by atoms with Crippen LogP contribution >= 0.6 is 15.9 Å². The smallest absolute Gasteiger partial charge is 0.243 e. The van der Waals surface area contributed by atoms with Gasteiger partial charge in [0.25, 0.3) is 0 Å². The van der Waals surface area contributed by atoms with Crippen LogP contribution in [0.3, 0.4) is 0 Å². The lowest BCUT2D eigenvalue weighted by Gasteiger charge is -1.99. The summed E-state index contributed by atoms with van der Waals surface area (Å²) in [5.41, 5.74) is 1.00. The summed E-state index contributed by atoms with van der Waals surface area (Å²) in [6.45, 7) is 2.75. The molecule has 1 aromatic rings. The SMILES string of the molecule is CCCNC(=O)C=Cc1ccccc1Br. The van der Waals surface area contributed by atoms with E-state index in [-0.39, 0.29) is 5.91 Å². The predicted molar refractivity (Wildman–Crippen MR) is 66.5 cm³/mol. The molecule has 0 aromatic heterocycles. The number of amides is 1. The molecule has 1 N–H and O–H groups in total. The van der Waals surface area contributed by atoms with Crippen LogP contribution in [-0.2, 0) is 4.79 Å². The minimum absolute atomic E-state index is 0.0485. The Balaban J connectivity index is 2.58. The van der Waals surface area contributed by atoms with E-state index >= 15 is 0 Å². The van der Waals surface area contributed by atoms with Crippen LogP contribution in [0.1, 0.15) is 18.9 Å². The first-order chi connectivity index (χ1) is 7.24. The molecular weight excluding hydrogens is 254 g/mol. The Hall–Kier alpha value is -1.09. The molecule has 0 saturated carbocycles. The van der Waals surface area contributed by atoms with Gasteiger partial charge in [0.2, 0.25) is 5.91 Å². The maximum Gasteiger partial charge on any atom is 0.243 e. The van der Waals surface area contributed by atoms with Crippen LogP contribution in [-0.4, -0.2) is 12.5 Å². The van der Waals surface area contributed by atoms with Gasteiger partial charge in [-0.05, 0) is 24.1 Å². The zero-order valence-electron chi connectivity index (χ0n) is 8.66. The van der Waals surface area contributed by atoms with E-state index in [1.807, 2.05) is 31.2 Å². The van der Waals surface area contributed by atoms with Gasteiger partial charge in [-0.3, -0.25) is 4.79 Å². The molecule has 80 valence electrons. The van der Waals surface area contributed by atoms with Crippen LogP contribution in [0.5, 0.6) is 0 Å². The minimum atomic E-state index is -0.0485. The summed E-state index contributed by atoms with van der Waals surface area (Å²) in [5.74, 6) is -0.0485. The van der Waals surface area contributed by atoms with Gasteiger partial charge in [-0.2, -0.15) is 0 Å². The first-order valence-corrected chi connectivity index (χ1v) is 5.73. The molecule has 0 spiro atoms. The second kappa shape index (κ2) is 6.40. The van der Waals surface area contributed by atoms with Crippen molar-refractivity contribution >= 4 is 27.9 Å². The number of halogens is 1. The Morgan fingerprint density at radius 2 is 2.20 bits per heavy atom. The molecule has 0 fully saturated rings. The minimum Gasteiger partial charge on any atom is -0.353 e. The topological polar surface area (TPSA) is 29.1 Å². The van der Waals surface area contributed by atoms with E-state index in [2.05, 4.69) is 21.2 Å². The van der Waals surface area contributed by atoms with Crippen LogP contribution in [0.15, 0.2) is 34.8 Å². The first kappa shape index (κ1) is 12.0. The second-order valence-electron chi connectivity index (χ2n) is 3.15. The number of hydrogen-bond donors (Lipinski definition) is 1. The zero-order valence-corrected chi connectivity index (χ0v) is 10.3. The highest BCUT2D eigenvalue weighted by atomic mass is 79.9. The number of nitrogens with one attached hydrogen (secondary N) is 1. The van der Waals surface area contributed by atoms with Crippen LogP contribution in [0.2, 0.25) is 0 Å². The molecule has 0 aliphatic rings. The van der Waals surface area contributed by atoms with Crippen molar-refractivity contribution in [2.75, 3.05) is 6.54 Å². The van der Waals surface area contributed by atoms with Gasteiger partial charge in [0.05, 0.1) is 0 Å². The molecule has 0 aliphatic carbocycles. The molecule has 1 aromatic carbocycles. The maximum absolute atomic E-state index is 11.3. The molecule has 15 heavy (non-hydrogen) atoms. The summed E-state index contributed by atoms with van der Waals surface area (Å²) in [5, 5.41) is 2.78. The van der Waals surface area contributed by atoms with Crippen molar-refractivity contribution in [3.63, 3.8) is 0 Å². The van der Waals surface area contributed by atoms with Gasteiger partial charge in [0.15, 0.2) is 0 Å². The van der Waals surface area contributed by atoms with Crippen LogP contribution in [0.25, 0.3) is 6.08 Å². The Morgan fingerprint density at radius 1 is 1.47 bits per heavy atom. The Labute approximate surface area is 98.5 Å². The third kappa shape index (κ3) is 4.30. The van der Waals surface area contributed by atoms with E-state index in [1.54, 1.807) is 12.2 Å². The summed E-state index contributed by atoms with van der Waals surface area (Å²) in [6.07, 6.45) is 4.31. The van der Waals surface area contributed by atoms with Gasteiger partial charge in [-0.25, -0.2) is 0 Å². The number of carbonyl (C=O) groups excluding carboxylic acids is 1. The average Bonchev–Trinajstić information content (AvgIpc) is 2.25. The molecule has 2 nitrogen and oxygen atoms in total. The van der Waals surface area contributed by atoms with Gasteiger partial charge in [-0.1, -0.05) is 41.1 Å². The normalized spacial score (nSPS) is 10.5.